The van der Waals surface area contributed by atoms with Gasteiger partial charge in [0.2, 0.25) is 0 Å². The maximum atomic E-state index is 9.20. The van der Waals surface area contributed by atoms with Gasteiger partial charge in [0, 0.05) is 0 Å². The molecule has 0 aromatic carbocycles. The molecular weight excluding hydrogens is 384 g/mol. The van der Waals surface area contributed by atoms with Crippen LogP contribution in [0.25, 0.3) is 20.3 Å². The van der Waals surface area contributed by atoms with Crippen molar-refractivity contribution in [3.8, 4) is 20.3 Å². The van der Waals surface area contributed by atoms with Crippen molar-refractivity contribution in [2.45, 2.75) is 13.2 Å². The second-order valence-electron chi connectivity index (χ2n) is 4.51. The molecule has 0 aliphatic rings. The van der Waals surface area contributed by atoms with E-state index in [1.807, 2.05) is 12.1 Å². The van der Waals surface area contributed by atoms with E-state index >= 15 is 0 Å². The molecule has 5 heteroatoms. The molecular formula is C15H15NO2Se2. The van der Waals surface area contributed by atoms with E-state index in [9.17, 15) is 10.2 Å². The monoisotopic (exact) mass is 401 g/mol. The van der Waals surface area contributed by atoms with Gasteiger partial charge in [0.15, 0.2) is 0 Å². The molecule has 3 nitrogen and oxygen atoms in total. The number of nitrogens with zero attached hydrogens (tertiary/aromatic N) is 1. The number of hydrogen-bond acceptors (Lipinski definition) is 2. The molecule has 0 radical (unpaired) electrons. The fourth-order valence-corrected chi connectivity index (χ4v) is 6.10. The van der Waals surface area contributed by atoms with Gasteiger partial charge in [-0.05, 0) is 0 Å². The molecule has 0 spiro atoms. The molecule has 0 aliphatic heterocycles. The standard InChI is InChI=1S/C15H15NO2Se2/c1-16-12(14-6-2-10(8-17)19-14)4-5-13(16)15-7-3-11(9-18)20-15/h2-7,17-18H,8-9H2,1H3. The zero-order valence-corrected chi connectivity index (χ0v) is 14.5. The first-order valence-electron chi connectivity index (χ1n) is 6.28. The Morgan fingerprint density at radius 2 is 1.25 bits per heavy atom. The van der Waals surface area contributed by atoms with Crippen LogP contribution in [0, 0.1) is 0 Å². The fourth-order valence-electron chi connectivity index (χ4n) is 2.21. The van der Waals surface area contributed by atoms with Gasteiger partial charge in [0.25, 0.3) is 0 Å². The van der Waals surface area contributed by atoms with Crippen molar-refractivity contribution in [1.82, 2.24) is 4.57 Å². The number of aliphatic hydroxyl groups excluding tert-OH is 2. The Balaban J connectivity index is 1.99. The van der Waals surface area contributed by atoms with E-state index in [0.29, 0.717) is 0 Å². The Kier molecular flexibility index (Phi) is 4.18. The summed E-state index contributed by atoms with van der Waals surface area (Å²) in [5.41, 5.74) is 2.46. The van der Waals surface area contributed by atoms with Gasteiger partial charge in [0.1, 0.15) is 0 Å². The summed E-state index contributed by atoms with van der Waals surface area (Å²) in [6.07, 6.45) is 0. The molecule has 3 aromatic rings. The Labute approximate surface area is 129 Å². The first-order chi connectivity index (χ1) is 9.72. The molecule has 0 aliphatic carbocycles. The van der Waals surface area contributed by atoms with Gasteiger partial charge >= 0.3 is 130 Å². The summed E-state index contributed by atoms with van der Waals surface area (Å²) in [5, 5.41) is 18.4. The van der Waals surface area contributed by atoms with Gasteiger partial charge in [0.05, 0.1) is 0 Å². The Morgan fingerprint density at radius 3 is 1.60 bits per heavy atom. The minimum atomic E-state index is 0.162. The van der Waals surface area contributed by atoms with E-state index in [2.05, 4.69) is 35.9 Å². The van der Waals surface area contributed by atoms with Crippen molar-refractivity contribution in [3.63, 3.8) is 0 Å². The molecule has 0 saturated carbocycles. The molecule has 20 heavy (non-hydrogen) atoms. The number of aliphatic hydroxyl groups is 2. The van der Waals surface area contributed by atoms with Crippen molar-refractivity contribution in [1.29, 1.82) is 0 Å². The third-order valence-corrected chi connectivity index (χ3v) is 7.85. The molecule has 3 aromatic heterocycles. The average Bonchev–Trinajstić information content (AvgIpc) is 3.16. The summed E-state index contributed by atoms with van der Waals surface area (Å²) in [4.78, 5) is 0. The van der Waals surface area contributed by atoms with Gasteiger partial charge in [-0.2, -0.15) is 0 Å². The minimum absolute atomic E-state index is 0.162. The van der Waals surface area contributed by atoms with Gasteiger partial charge in [-0.1, -0.05) is 0 Å². The van der Waals surface area contributed by atoms with Crippen LogP contribution in [0.15, 0.2) is 36.4 Å². The van der Waals surface area contributed by atoms with Gasteiger partial charge in [-0.25, -0.2) is 0 Å². The van der Waals surface area contributed by atoms with Crippen LogP contribution in [0.3, 0.4) is 0 Å². The second kappa shape index (κ2) is 5.90. The Hall–Kier alpha value is -0.801. The van der Waals surface area contributed by atoms with E-state index in [4.69, 9.17) is 0 Å². The predicted molar refractivity (Wildman–Crippen MR) is 82.0 cm³/mol. The summed E-state index contributed by atoms with van der Waals surface area (Å²) in [6, 6.07) is 12.6. The third kappa shape index (κ3) is 2.53. The molecule has 3 rings (SSSR count). The summed E-state index contributed by atoms with van der Waals surface area (Å²) in [6.45, 7) is 0.324. The molecule has 3 heterocycles. The predicted octanol–water partition coefficient (Wildman–Crippen LogP) is 1.46. The quantitative estimate of drug-likeness (QED) is 0.653. The topological polar surface area (TPSA) is 45.4 Å². The number of aromatic nitrogens is 1. The van der Waals surface area contributed by atoms with E-state index in [0.717, 1.165) is 8.87 Å². The van der Waals surface area contributed by atoms with E-state index in [1.54, 1.807) is 0 Å². The fraction of sp³-hybridized carbons (Fsp3) is 0.200. The molecule has 0 fully saturated rings. The van der Waals surface area contributed by atoms with Crippen LogP contribution in [-0.2, 0) is 20.3 Å². The summed E-state index contributed by atoms with van der Waals surface area (Å²) in [7, 11) is 2.09. The Bertz CT molecular complexity index is 664. The zero-order valence-electron chi connectivity index (χ0n) is 11.0. The molecule has 2 N–H and O–H groups in total. The number of hydrogen-bond donors (Lipinski definition) is 2. The van der Waals surface area contributed by atoms with Crippen LogP contribution in [-0.4, -0.2) is 43.8 Å². The molecule has 0 bridgehead atoms. The summed E-state index contributed by atoms with van der Waals surface area (Å²) >= 11 is 0.476. The maximum absolute atomic E-state index is 9.20. The van der Waals surface area contributed by atoms with Gasteiger partial charge < -0.3 is 0 Å². The third-order valence-electron chi connectivity index (χ3n) is 3.26. The van der Waals surface area contributed by atoms with Crippen molar-refractivity contribution in [2.24, 2.45) is 7.05 Å². The molecule has 0 amide bonds. The first kappa shape index (κ1) is 14.1. The van der Waals surface area contributed by atoms with Crippen LogP contribution < -0.4 is 0 Å². The first-order valence-corrected chi connectivity index (χ1v) is 9.71. The Morgan fingerprint density at radius 1 is 0.800 bits per heavy atom. The SMILES string of the molecule is Cn1c(-c2ccc(CO)[se]2)ccc1-c1ccc(CO)[se]1. The summed E-state index contributed by atoms with van der Waals surface area (Å²) < 4.78 is 7.12. The molecule has 0 saturated heterocycles. The van der Waals surface area contributed by atoms with Crippen molar-refractivity contribution in [2.75, 3.05) is 0 Å². The normalized spacial score (nSPS) is 11.2. The van der Waals surface area contributed by atoms with Crippen LogP contribution in [0.1, 0.15) is 8.87 Å². The van der Waals surface area contributed by atoms with Gasteiger partial charge in [-0.15, -0.1) is 0 Å². The molecule has 0 atom stereocenters. The van der Waals surface area contributed by atoms with E-state index in [1.165, 1.54) is 20.3 Å². The van der Waals surface area contributed by atoms with Gasteiger partial charge in [-0.3, -0.25) is 0 Å². The number of rotatable bonds is 4. The van der Waals surface area contributed by atoms with Crippen LogP contribution in [0.2, 0.25) is 0 Å². The second-order valence-corrected chi connectivity index (χ2v) is 9.41. The van der Waals surface area contributed by atoms with Crippen molar-refractivity contribution >= 4 is 29.0 Å². The van der Waals surface area contributed by atoms with E-state index in [-0.39, 0.29) is 42.2 Å². The van der Waals surface area contributed by atoms with Crippen molar-refractivity contribution in [3.05, 3.63) is 45.3 Å². The van der Waals surface area contributed by atoms with E-state index < -0.39 is 0 Å². The van der Waals surface area contributed by atoms with Crippen molar-refractivity contribution < 1.29 is 10.2 Å². The summed E-state index contributed by atoms with van der Waals surface area (Å²) in [5.74, 6) is 0. The molecule has 0 unspecified atom stereocenters. The average molecular weight is 399 g/mol. The van der Waals surface area contributed by atoms with Crippen LogP contribution in [0.5, 0.6) is 0 Å². The van der Waals surface area contributed by atoms with Crippen LogP contribution >= 0.6 is 0 Å². The van der Waals surface area contributed by atoms with Crippen LogP contribution in [0.4, 0.5) is 0 Å². The zero-order chi connectivity index (χ0) is 14.1. The molecule has 104 valence electrons.